The molecular weight excluding hydrogens is 348 g/mol. The normalized spacial score (nSPS) is 30.0. The first kappa shape index (κ1) is 19.9. The molecule has 2 aliphatic heterocycles. The Morgan fingerprint density at radius 3 is 2.44 bits per heavy atom. The summed E-state index contributed by atoms with van der Waals surface area (Å²) >= 11 is 0. The van der Waals surface area contributed by atoms with Crippen molar-refractivity contribution in [2.45, 2.75) is 64.5 Å². The second kappa shape index (κ2) is 7.30. The predicted octanol–water partition coefficient (Wildman–Crippen LogP) is 2.00. The van der Waals surface area contributed by atoms with E-state index in [1.54, 1.807) is 4.90 Å². The molecule has 0 aromatic carbocycles. The summed E-state index contributed by atoms with van der Waals surface area (Å²) in [7, 11) is 0. The summed E-state index contributed by atoms with van der Waals surface area (Å²) in [5, 5.41) is 2.99. The molecule has 0 aromatic heterocycles. The van der Waals surface area contributed by atoms with E-state index in [1.807, 2.05) is 25.7 Å². The van der Waals surface area contributed by atoms with Crippen LogP contribution in [0.25, 0.3) is 0 Å². The van der Waals surface area contributed by atoms with Crippen molar-refractivity contribution < 1.29 is 19.1 Å². The average molecular weight is 380 g/mol. The Bertz CT molecular complexity index is 609. The van der Waals surface area contributed by atoms with Gasteiger partial charge in [-0.05, 0) is 39.5 Å². The third-order valence-electron chi connectivity index (χ3n) is 5.87. The van der Waals surface area contributed by atoms with Crippen molar-refractivity contribution in [2.24, 2.45) is 5.92 Å². The van der Waals surface area contributed by atoms with E-state index in [2.05, 4.69) is 12.2 Å². The molecule has 3 aliphatic rings. The van der Waals surface area contributed by atoms with Crippen LogP contribution in [-0.2, 0) is 9.53 Å². The molecule has 2 saturated heterocycles. The zero-order valence-corrected chi connectivity index (χ0v) is 16.9. The lowest BCUT2D eigenvalue weighted by Crippen LogP contribution is -2.55. The van der Waals surface area contributed by atoms with Crippen molar-refractivity contribution in [1.82, 2.24) is 20.0 Å². The number of urea groups is 1. The number of nitrogens with one attached hydrogen (secondary N) is 1. The molecule has 0 radical (unpaired) electrons. The monoisotopic (exact) mass is 380 g/mol. The Morgan fingerprint density at radius 2 is 1.85 bits per heavy atom. The Morgan fingerprint density at radius 1 is 1.19 bits per heavy atom. The molecule has 0 aromatic rings. The van der Waals surface area contributed by atoms with Crippen LogP contribution in [0.4, 0.5) is 9.59 Å². The predicted molar refractivity (Wildman–Crippen MR) is 100.0 cm³/mol. The summed E-state index contributed by atoms with van der Waals surface area (Å²) in [6, 6.07) is -0.289. The van der Waals surface area contributed by atoms with Crippen LogP contribution in [0.2, 0.25) is 0 Å². The molecule has 1 N–H and O–H groups in total. The van der Waals surface area contributed by atoms with E-state index < -0.39 is 11.1 Å². The minimum atomic E-state index is -0.715. The molecule has 27 heavy (non-hydrogen) atoms. The first-order valence-corrected chi connectivity index (χ1v) is 9.97. The van der Waals surface area contributed by atoms with Crippen LogP contribution in [0.3, 0.4) is 0 Å². The molecule has 3 rings (SSSR count). The highest BCUT2D eigenvalue weighted by Gasteiger charge is 2.55. The smallest absolute Gasteiger partial charge is 0.410 e. The van der Waals surface area contributed by atoms with Gasteiger partial charge in [-0.1, -0.05) is 19.8 Å². The van der Waals surface area contributed by atoms with Gasteiger partial charge in [0.05, 0.1) is 6.67 Å². The first-order valence-electron chi connectivity index (χ1n) is 9.97. The lowest BCUT2D eigenvalue weighted by atomic mass is 9.73. The second-order valence-corrected chi connectivity index (χ2v) is 9.01. The van der Waals surface area contributed by atoms with E-state index in [0.717, 1.165) is 25.7 Å². The van der Waals surface area contributed by atoms with Crippen LogP contribution in [0, 0.1) is 5.92 Å². The fourth-order valence-electron chi connectivity index (χ4n) is 4.22. The average Bonchev–Trinajstić information content (AvgIpc) is 2.82. The van der Waals surface area contributed by atoms with Gasteiger partial charge in [0.15, 0.2) is 0 Å². The van der Waals surface area contributed by atoms with E-state index in [-0.39, 0.29) is 30.6 Å². The molecule has 3 fully saturated rings. The Kier molecular flexibility index (Phi) is 5.38. The number of carbonyl (C=O) groups excluding carboxylic acids is 3. The molecule has 2 heterocycles. The molecular formula is C19H32N4O4. The minimum Gasteiger partial charge on any atom is -0.444 e. The summed E-state index contributed by atoms with van der Waals surface area (Å²) in [6.07, 6.45) is 3.46. The van der Waals surface area contributed by atoms with Crippen LogP contribution in [0.15, 0.2) is 0 Å². The van der Waals surface area contributed by atoms with Gasteiger partial charge in [-0.25, -0.2) is 14.5 Å². The number of ether oxygens (including phenoxy) is 1. The number of hydrogen-bond donors (Lipinski definition) is 1. The van der Waals surface area contributed by atoms with Gasteiger partial charge in [-0.15, -0.1) is 0 Å². The molecule has 4 amide bonds. The van der Waals surface area contributed by atoms with Gasteiger partial charge in [0, 0.05) is 26.2 Å². The van der Waals surface area contributed by atoms with Gasteiger partial charge in [-0.2, -0.15) is 0 Å². The maximum atomic E-state index is 13.0. The van der Waals surface area contributed by atoms with Crippen molar-refractivity contribution in [2.75, 3.05) is 32.8 Å². The van der Waals surface area contributed by atoms with Gasteiger partial charge >= 0.3 is 12.1 Å². The van der Waals surface area contributed by atoms with Crippen molar-refractivity contribution >= 4 is 18.0 Å². The standard InChI is InChI=1S/C19H32N4O4/c1-14-7-5-6-8-19(14)15(24)23(16(25)20-19)13-21-9-11-22(12-10-21)17(26)27-18(2,3)4/h14H,5-13H2,1-4H3,(H,20,25)/t14-,19+/m0/s1. The maximum Gasteiger partial charge on any atom is 0.410 e. The van der Waals surface area contributed by atoms with Gasteiger partial charge in [0.2, 0.25) is 0 Å². The van der Waals surface area contributed by atoms with Crippen molar-refractivity contribution in [3.05, 3.63) is 0 Å². The summed E-state index contributed by atoms with van der Waals surface area (Å²) < 4.78 is 5.41. The number of hydrogen-bond acceptors (Lipinski definition) is 5. The maximum absolute atomic E-state index is 13.0. The first-order chi connectivity index (χ1) is 12.6. The number of imide groups is 1. The molecule has 0 bridgehead atoms. The van der Waals surface area contributed by atoms with Crippen LogP contribution >= 0.6 is 0 Å². The van der Waals surface area contributed by atoms with Gasteiger partial charge in [-0.3, -0.25) is 9.69 Å². The van der Waals surface area contributed by atoms with Crippen LogP contribution in [0.1, 0.15) is 53.4 Å². The minimum absolute atomic E-state index is 0.0886. The number of piperazine rings is 1. The summed E-state index contributed by atoms with van der Waals surface area (Å²) in [4.78, 5) is 42.8. The van der Waals surface area contributed by atoms with Crippen molar-refractivity contribution in [3.63, 3.8) is 0 Å². The van der Waals surface area contributed by atoms with E-state index in [4.69, 9.17) is 4.74 Å². The largest absolute Gasteiger partial charge is 0.444 e. The van der Waals surface area contributed by atoms with E-state index >= 15 is 0 Å². The van der Waals surface area contributed by atoms with E-state index in [0.29, 0.717) is 26.2 Å². The highest BCUT2D eigenvalue weighted by Crippen LogP contribution is 2.38. The van der Waals surface area contributed by atoms with Crippen LogP contribution < -0.4 is 5.32 Å². The van der Waals surface area contributed by atoms with Crippen LogP contribution in [-0.4, -0.2) is 76.7 Å². The fraction of sp³-hybridized carbons (Fsp3) is 0.842. The number of rotatable bonds is 2. The molecule has 8 heteroatoms. The lowest BCUT2D eigenvalue weighted by molar-refractivity contribution is -0.136. The third kappa shape index (κ3) is 4.05. The second-order valence-electron chi connectivity index (χ2n) is 9.01. The number of carbonyl (C=O) groups is 3. The fourth-order valence-corrected chi connectivity index (χ4v) is 4.22. The Balaban J connectivity index is 1.55. The van der Waals surface area contributed by atoms with E-state index in [1.165, 1.54) is 4.90 Å². The van der Waals surface area contributed by atoms with E-state index in [9.17, 15) is 14.4 Å². The van der Waals surface area contributed by atoms with Gasteiger partial charge < -0.3 is 15.0 Å². The molecule has 1 saturated carbocycles. The Hall–Kier alpha value is -1.83. The highest BCUT2D eigenvalue weighted by atomic mass is 16.6. The number of nitrogens with zero attached hydrogens (tertiary/aromatic N) is 3. The lowest BCUT2D eigenvalue weighted by Gasteiger charge is -2.38. The quantitative estimate of drug-likeness (QED) is 0.741. The summed E-state index contributed by atoms with van der Waals surface area (Å²) in [5.41, 5.74) is -1.23. The topological polar surface area (TPSA) is 82.2 Å². The zero-order chi connectivity index (χ0) is 19.8. The molecule has 1 spiro atoms. The highest BCUT2D eigenvalue weighted by molar-refractivity contribution is 6.07. The zero-order valence-electron chi connectivity index (χ0n) is 16.9. The Labute approximate surface area is 161 Å². The number of amides is 4. The molecule has 2 atom stereocenters. The van der Waals surface area contributed by atoms with Crippen molar-refractivity contribution in [3.8, 4) is 0 Å². The SMILES string of the molecule is C[C@H]1CCCC[C@@]12NC(=O)N(CN1CCN(C(=O)OC(C)(C)C)CC1)C2=O. The molecule has 8 nitrogen and oxygen atoms in total. The van der Waals surface area contributed by atoms with Crippen molar-refractivity contribution in [1.29, 1.82) is 0 Å². The molecule has 0 unspecified atom stereocenters. The van der Waals surface area contributed by atoms with Crippen LogP contribution in [0.5, 0.6) is 0 Å². The molecule has 1 aliphatic carbocycles. The summed E-state index contributed by atoms with van der Waals surface area (Å²) in [5.74, 6) is 0.0750. The van der Waals surface area contributed by atoms with Gasteiger partial charge in [0.25, 0.3) is 5.91 Å². The molecule has 152 valence electrons. The van der Waals surface area contributed by atoms with Gasteiger partial charge in [0.1, 0.15) is 11.1 Å². The summed E-state index contributed by atoms with van der Waals surface area (Å²) in [6.45, 7) is 10.2. The third-order valence-corrected chi connectivity index (χ3v) is 5.87.